The third-order valence-corrected chi connectivity index (χ3v) is 9.04. The molecule has 0 unspecified atom stereocenters. The molecular weight excluding hydrogens is 469 g/mol. The first-order valence-electron chi connectivity index (χ1n) is 11.3. The number of halogens is 1. The summed E-state index contributed by atoms with van der Waals surface area (Å²) in [5.41, 5.74) is 9.55. The van der Waals surface area contributed by atoms with Crippen molar-refractivity contribution in [2.75, 3.05) is 23.8 Å². The van der Waals surface area contributed by atoms with Crippen LogP contribution in [0.2, 0.25) is 0 Å². The molecule has 2 aliphatic rings. The van der Waals surface area contributed by atoms with Crippen LogP contribution in [0.5, 0.6) is 0 Å². The number of hydrogen-bond donors (Lipinski definition) is 3. The molecule has 1 aliphatic carbocycles. The fourth-order valence-electron chi connectivity index (χ4n) is 5.50. The van der Waals surface area contributed by atoms with E-state index in [0.717, 1.165) is 56.0 Å². The van der Waals surface area contributed by atoms with Crippen LogP contribution in [0.25, 0.3) is 32.2 Å². The number of piperidine rings is 1. The molecule has 2 bridgehead atoms. The second kappa shape index (κ2) is 7.53. The predicted octanol–water partition coefficient (Wildman–Crippen LogP) is 4.98. The molecule has 0 radical (unpaired) electrons. The molecule has 1 aliphatic heterocycles. The van der Waals surface area contributed by atoms with E-state index < -0.39 is 0 Å². The number of hydrogen-bond acceptors (Lipinski definition) is 8. The van der Waals surface area contributed by atoms with Gasteiger partial charge in [0, 0.05) is 31.1 Å². The smallest absolute Gasteiger partial charge is 0.198 e. The number of rotatable bonds is 4. The van der Waals surface area contributed by atoms with E-state index >= 15 is 0 Å². The van der Waals surface area contributed by atoms with Gasteiger partial charge < -0.3 is 20.9 Å². The Hall–Kier alpha value is -2.95. The van der Waals surface area contributed by atoms with Gasteiger partial charge in [0.2, 0.25) is 0 Å². The Kier molecular flexibility index (Phi) is 4.52. The highest BCUT2D eigenvalue weighted by atomic mass is 32.2. The van der Waals surface area contributed by atoms with Crippen molar-refractivity contribution in [3.63, 3.8) is 0 Å². The number of aromatic amines is 1. The monoisotopic (exact) mass is 491 g/mol. The molecular formula is C24H22FN7S2. The third-order valence-electron chi connectivity index (χ3n) is 7.08. The topological polar surface area (TPSA) is 95.8 Å². The maximum Gasteiger partial charge on any atom is 0.198 e. The van der Waals surface area contributed by atoms with E-state index in [0.29, 0.717) is 28.5 Å². The molecule has 3 aromatic heterocycles. The molecule has 10 heteroatoms. The van der Waals surface area contributed by atoms with Gasteiger partial charge in [-0.1, -0.05) is 12.1 Å². The molecule has 5 aromatic rings. The highest BCUT2D eigenvalue weighted by molar-refractivity contribution is 8.01. The third kappa shape index (κ3) is 3.09. The average Bonchev–Trinajstić information content (AvgIpc) is 3.58. The molecule has 172 valence electrons. The second-order valence-electron chi connectivity index (χ2n) is 9.06. The molecule has 2 fully saturated rings. The van der Waals surface area contributed by atoms with Crippen LogP contribution in [0, 0.1) is 11.7 Å². The second-order valence-corrected chi connectivity index (χ2v) is 11.3. The molecule has 4 heterocycles. The van der Waals surface area contributed by atoms with Crippen LogP contribution in [0.15, 0.2) is 45.9 Å². The van der Waals surface area contributed by atoms with E-state index in [9.17, 15) is 4.39 Å². The van der Waals surface area contributed by atoms with Gasteiger partial charge in [-0.25, -0.2) is 19.3 Å². The highest BCUT2D eigenvalue weighted by Crippen LogP contribution is 2.44. The van der Waals surface area contributed by atoms with Gasteiger partial charge in [-0.2, -0.15) is 0 Å². The molecule has 7 nitrogen and oxygen atoms in total. The lowest BCUT2D eigenvalue weighted by molar-refractivity contribution is 0.471. The van der Waals surface area contributed by atoms with E-state index in [2.05, 4.69) is 21.3 Å². The summed E-state index contributed by atoms with van der Waals surface area (Å²) in [4.78, 5) is 20.4. The van der Waals surface area contributed by atoms with Crippen molar-refractivity contribution in [3.05, 3.63) is 42.2 Å². The van der Waals surface area contributed by atoms with Crippen molar-refractivity contribution in [1.82, 2.24) is 19.9 Å². The van der Waals surface area contributed by atoms with Crippen LogP contribution in [-0.2, 0) is 0 Å². The van der Waals surface area contributed by atoms with Gasteiger partial charge in [0.1, 0.15) is 17.3 Å². The van der Waals surface area contributed by atoms with Crippen LogP contribution in [0.3, 0.4) is 0 Å². The minimum absolute atomic E-state index is 0.242. The molecule has 1 saturated carbocycles. The van der Waals surface area contributed by atoms with E-state index in [4.69, 9.17) is 20.7 Å². The van der Waals surface area contributed by atoms with Gasteiger partial charge in [-0.05, 0) is 54.8 Å². The lowest BCUT2D eigenvalue weighted by Crippen LogP contribution is -2.41. The van der Waals surface area contributed by atoms with Crippen molar-refractivity contribution >= 4 is 66.8 Å². The Morgan fingerprint density at radius 1 is 1.21 bits per heavy atom. The zero-order chi connectivity index (χ0) is 23.0. The maximum atomic E-state index is 14.5. The number of fused-ring (bicyclic) bond motifs is 6. The van der Waals surface area contributed by atoms with Crippen molar-refractivity contribution in [2.24, 2.45) is 11.7 Å². The number of anilines is 2. The molecule has 0 spiro atoms. The van der Waals surface area contributed by atoms with E-state index in [1.807, 2.05) is 18.2 Å². The van der Waals surface area contributed by atoms with E-state index in [1.54, 1.807) is 24.5 Å². The summed E-state index contributed by atoms with van der Waals surface area (Å²) in [6.07, 6.45) is 2.03. The zero-order valence-electron chi connectivity index (χ0n) is 18.4. The standard InChI is InChI=1S/C24H22FN7S2/c1-27-17-8-12(25)7-14-19-21(29-20(14)17)30-23(34-24-28-16-4-2-3-5-18(16)33-24)31-22(19)32-10-11-6-13(32)9-15(11)26/h2-5,7-8,11,13,15,27H,6,9-10,26H2,1H3,(H,29,30,31)/t11-,13-,15-/m1/s1. The van der Waals surface area contributed by atoms with Crippen LogP contribution in [0.1, 0.15) is 12.8 Å². The lowest BCUT2D eigenvalue weighted by Gasteiger charge is -2.31. The predicted molar refractivity (Wildman–Crippen MR) is 136 cm³/mol. The molecule has 34 heavy (non-hydrogen) atoms. The van der Waals surface area contributed by atoms with Crippen molar-refractivity contribution in [3.8, 4) is 0 Å². The SMILES string of the molecule is CNc1cc(F)cc2c1[nH]c1nc(Sc3nc4ccccc4s3)nc(N3C[C@H]4C[C@@H]3C[C@H]4N)c12. The van der Waals surface area contributed by atoms with E-state index in [1.165, 1.54) is 17.8 Å². The Morgan fingerprint density at radius 2 is 2.09 bits per heavy atom. The number of benzene rings is 2. The number of thiazole rings is 1. The molecule has 4 N–H and O–H groups in total. The number of para-hydroxylation sites is 1. The molecule has 1 saturated heterocycles. The van der Waals surface area contributed by atoms with Crippen LogP contribution < -0.4 is 16.0 Å². The first-order chi connectivity index (χ1) is 16.6. The van der Waals surface area contributed by atoms with Crippen LogP contribution in [-0.4, -0.2) is 45.6 Å². The Bertz CT molecular complexity index is 1540. The van der Waals surface area contributed by atoms with Gasteiger partial charge in [0.15, 0.2) is 9.50 Å². The number of nitrogens with two attached hydrogens (primary N) is 1. The first kappa shape index (κ1) is 20.4. The normalized spacial score (nSPS) is 22.0. The first-order valence-corrected chi connectivity index (χ1v) is 13.0. The largest absolute Gasteiger partial charge is 0.386 e. The number of nitrogens with one attached hydrogen (secondary N) is 2. The molecule has 3 atom stereocenters. The quantitative estimate of drug-likeness (QED) is 0.305. The summed E-state index contributed by atoms with van der Waals surface area (Å²) >= 11 is 3.10. The van der Waals surface area contributed by atoms with Gasteiger partial charge in [-0.3, -0.25) is 0 Å². The van der Waals surface area contributed by atoms with Crippen molar-refractivity contribution in [1.29, 1.82) is 0 Å². The highest BCUT2D eigenvalue weighted by Gasteiger charge is 2.44. The van der Waals surface area contributed by atoms with Crippen molar-refractivity contribution < 1.29 is 4.39 Å². The van der Waals surface area contributed by atoms with Crippen LogP contribution in [0.4, 0.5) is 15.9 Å². The fourth-order valence-corrected chi connectivity index (χ4v) is 7.43. The molecule has 0 amide bonds. The number of nitrogens with zero attached hydrogens (tertiary/aromatic N) is 4. The summed E-state index contributed by atoms with van der Waals surface area (Å²) in [5, 5.41) is 5.38. The van der Waals surface area contributed by atoms with Gasteiger partial charge in [0.25, 0.3) is 0 Å². The Balaban J connectivity index is 1.42. The van der Waals surface area contributed by atoms with Gasteiger partial charge in [-0.15, -0.1) is 11.3 Å². The molecule has 7 rings (SSSR count). The van der Waals surface area contributed by atoms with Gasteiger partial charge in [0.05, 0.1) is 26.8 Å². The number of H-pyrrole nitrogens is 1. The zero-order valence-corrected chi connectivity index (χ0v) is 20.0. The lowest BCUT2D eigenvalue weighted by atomic mass is 10.0. The van der Waals surface area contributed by atoms with Crippen LogP contribution >= 0.6 is 23.1 Å². The number of aromatic nitrogens is 4. The van der Waals surface area contributed by atoms with Crippen molar-refractivity contribution in [2.45, 2.75) is 34.4 Å². The summed E-state index contributed by atoms with van der Waals surface area (Å²) in [5.74, 6) is 1.03. The van der Waals surface area contributed by atoms with Gasteiger partial charge >= 0.3 is 0 Å². The Morgan fingerprint density at radius 3 is 2.85 bits per heavy atom. The Labute approximate surface area is 203 Å². The minimum atomic E-state index is -0.290. The average molecular weight is 492 g/mol. The fraction of sp³-hybridized carbons (Fsp3) is 0.292. The minimum Gasteiger partial charge on any atom is -0.386 e. The maximum absolute atomic E-state index is 14.5. The molecule has 2 aromatic carbocycles. The summed E-state index contributed by atoms with van der Waals surface area (Å²) in [7, 11) is 1.79. The summed E-state index contributed by atoms with van der Waals surface area (Å²) in [6.45, 7) is 0.865. The van der Waals surface area contributed by atoms with E-state index in [-0.39, 0.29) is 11.9 Å². The summed E-state index contributed by atoms with van der Waals surface area (Å²) in [6, 6.07) is 11.8. The summed E-state index contributed by atoms with van der Waals surface area (Å²) < 4.78 is 16.6.